The number of carbonyl (C=O) groups is 1. The molecule has 1 saturated heterocycles. The van der Waals surface area contributed by atoms with Crippen molar-refractivity contribution < 1.29 is 34.0 Å². The number of aromatic hydroxyl groups is 2. The minimum Gasteiger partial charge on any atom is -0.504 e. The molecule has 0 saturated carbocycles. The van der Waals surface area contributed by atoms with Crippen LogP contribution in [0.4, 0.5) is 0 Å². The summed E-state index contributed by atoms with van der Waals surface area (Å²) >= 11 is 0. The summed E-state index contributed by atoms with van der Waals surface area (Å²) in [5.74, 6) is 1.36. The molecule has 3 aliphatic rings. The van der Waals surface area contributed by atoms with Crippen molar-refractivity contribution in [2.24, 2.45) is 5.73 Å². The lowest BCUT2D eigenvalue weighted by Gasteiger charge is -2.60. The van der Waals surface area contributed by atoms with Gasteiger partial charge in [-0.1, -0.05) is 18.2 Å². The monoisotopic (exact) mass is 710 g/mol. The summed E-state index contributed by atoms with van der Waals surface area (Å²) < 4.78 is 23.4. The van der Waals surface area contributed by atoms with Gasteiger partial charge in [-0.3, -0.25) is 14.6 Å². The number of nitrogens with two attached hydrogens (primary N) is 1. The number of H-pyrrole nitrogens is 1. The molecule has 1 amide bonds. The Labute approximate surface area is 302 Å². The van der Waals surface area contributed by atoms with Gasteiger partial charge in [-0.15, -0.1) is 0 Å². The lowest BCUT2D eigenvalue weighted by molar-refractivity contribution is -0.123. The van der Waals surface area contributed by atoms with Gasteiger partial charge in [0.2, 0.25) is 5.91 Å². The first kappa shape index (κ1) is 35.3. The highest BCUT2D eigenvalue weighted by molar-refractivity contribution is 5.86. The SMILES string of the molecule is COc1c(C)c(OC)c2c(c1O)[C@H]1[C@@H]3Cc4c(OC)c(C)c(OC)c(O)c4[C@H](CNC(=O)[C@@H](N)Cc4c[nH]c5ccccc45)N3[C@@H](C#N)[C@@H](C2)N1C. The Morgan fingerprint density at radius 3 is 2.15 bits per heavy atom. The maximum absolute atomic E-state index is 13.8. The first-order chi connectivity index (χ1) is 25.0. The lowest BCUT2D eigenvalue weighted by atomic mass is 9.71. The van der Waals surface area contributed by atoms with Gasteiger partial charge in [0, 0.05) is 69.1 Å². The second-order valence-corrected chi connectivity index (χ2v) is 14.0. The van der Waals surface area contributed by atoms with E-state index in [4.69, 9.17) is 24.7 Å². The second kappa shape index (κ2) is 13.4. The van der Waals surface area contributed by atoms with Crippen molar-refractivity contribution in [2.45, 2.75) is 69.4 Å². The number of ether oxygens (including phenoxy) is 4. The molecular weight excluding hydrogens is 664 g/mol. The summed E-state index contributed by atoms with van der Waals surface area (Å²) in [6.45, 7) is 3.71. The lowest BCUT2D eigenvalue weighted by Crippen LogP contribution is -2.69. The van der Waals surface area contributed by atoms with E-state index in [1.54, 1.807) is 14.2 Å². The van der Waals surface area contributed by atoms with Gasteiger partial charge in [-0.25, -0.2) is 0 Å². The van der Waals surface area contributed by atoms with Crippen molar-refractivity contribution in [3.05, 3.63) is 69.4 Å². The number of rotatable bonds is 9. The minimum atomic E-state index is -0.862. The van der Waals surface area contributed by atoms with Crippen LogP contribution in [0.5, 0.6) is 34.5 Å². The molecule has 52 heavy (non-hydrogen) atoms. The number of nitrogens with zero attached hydrogens (tertiary/aromatic N) is 3. The van der Waals surface area contributed by atoms with E-state index >= 15 is 0 Å². The molecule has 3 aliphatic heterocycles. The smallest absolute Gasteiger partial charge is 0.237 e. The highest BCUT2D eigenvalue weighted by atomic mass is 16.5. The fraction of sp³-hybridized carbons (Fsp3) is 0.436. The van der Waals surface area contributed by atoms with Crippen LogP contribution in [0, 0.1) is 25.2 Å². The standard InChI is InChI=1S/C39H46N6O7/c1-18-35(49-4)22-14-27-32-31-23(36(50-5)19(2)38(52-7)34(31)47)13-26(44(32)3)28(15-40)45(27)29(30(22)33(46)37(18)51-6)17-43-39(48)24(41)12-20-16-42-25-11-9-8-10-21(20)25/h8-11,16,24,26-29,32,42,46-47H,12-14,17,41H2,1-7H3,(H,43,48)/t24-,26+,27-,28-,29-,32+/m0/s1. The highest BCUT2D eigenvalue weighted by Gasteiger charge is 2.57. The summed E-state index contributed by atoms with van der Waals surface area (Å²) in [4.78, 5) is 21.3. The van der Waals surface area contributed by atoms with Gasteiger partial charge in [0.15, 0.2) is 23.0 Å². The molecule has 274 valence electrons. The fourth-order valence-corrected chi connectivity index (χ4v) is 9.37. The number of para-hydroxylation sites is 1. The molecular formula is C39H46N6O7. The third kappa shape index (κ3) is 5.11. The Kier molecular flexibility index (Phi) is 9.10. The zero-order chi connectivity index (χ0) is 37.2. The Morgan fingerprint density at radius 1 is 0.962 bits per heavy atom. The number of phenols is 2. The molecule has 6 atom stereocenters. The molecule has 2 bridgehead atoms. The number of amides is 1. The van der Waals surface area contributed by atoms with E-state index in [0.717, 1.165) is 27.6 Å². The molecule has 3 aromatic carbocycles. The molecule has 0 radical (unpaired) electrons. The molecule has 0 spiro atoms. The third-order valence-electron chi connectivity index (χ3n) is 11.6. The Bertz CT molecular complexity index is 2110. The largest absolute Gasteiger partial charge is 0.504 e. The molecule has 4 heterocycles. The van der Waals surface area contributed by atoms with Crippen LogP contribution >= 0.6 is 0 Å². The number of methoxy groups -OCH3 is 4. The minimum absolute atomic E-state index is 0.0288. The molecule has 4 aromatic rings. The van der Waals surface area contributed by atoms with Crippen molar-refractivity contribution in [3.63, 3.8) is 0 Å². The van der Waals surface area contributed by atoms with Crippen molar-refractivity contribution >= 4 is 16.8 Å². The molecule has 6 N–H and O–H groups in total. The molecule has 13 nitrogen and oxygen atoms in total. The summed E-state index contributed by atoms with van der Waals surface area (Å²) in [7, 11) is 8.16. The number of carbonyl (C=O) groups excluding carboxylic acids is 1. The molecule has 0 aliphatic carbocycles. The quantitative estimate of drug-likeness (QED) is 0.171. The van der Waals surface area contributed by atoms with E-state index in [2.05, 4.69) is 26.2 Å². The Morgan fingerprint density at radius 2 is 1.54 bits per heavy atom. The third-order valence-corrected chi connectivity index (χ3v) is 11.6. The number of phenolic OH excluding ortho intramolecular Hbond substituents is 2. The van der Waals surface area contributed by atoms with Crippen LogP contribution in [0.2, 0.25) is 0 Å². The number of fused-ring (bicyclic) bond motifs is 8. The van der Waals surface area contributed by atoms with Crippen LogP contribution in [0.3, 0.4) is 0 Å². The van der Waals surface area contributed by atoms with Gasteiger partial charge in [0.05, 0.1) is 52.6 Å². The maximum atomic E-state index is 13.8. The van der Waals surface area contributed by atoms with Crippen molar-refractivity contribution in [3.8, 4) is 40.6 Å². The molecule has 7 rings (SSSR count). The molecule has 1 aromatic heterocycles. The normalized spacial score (nSPS) is 22.8. The average Bonchev–Trinajstić information content (AvgIpc) is 3.54. The van der Waals surface area contributed by atoms with Crippen molar-refractivity contribution in [1.29, 1.82) is 5.26 Å². The van der Waals surface area contributed by atoms with Crippen LogP contribution in [0.15, 0.2) is 30.5 Å². The zero-order valence-corrected chi connectivity index (χ0v) is 30.5. The number of piperazine rings is 1. The zero-order valence-electron chi connectivity index (χ0n) is 30.5. The number of benzene rings is 3. The molecule has 1 fully saturated rings. The average molecular weight is 711 g/mol. The summed E-state index contributed by atoms with van der Waals surface area (Å²) in [5.41, 5.74) is 12.5. The van der Waals surface area contributed by atoms with Gasteiger partial charge in [0.1, 0.15) is 17.5 Å². The number of aromatic nitrogens is 1. The Hall–Kier alpha value is -5.16. The summed E-state index contributed by atoms with van der Waals surface area (Å²) in [5, 5.41) is 38.8. The van der Waals surface area contributed by atoms with Crippen LogP contribution in [0.25, 0.3) is 10.9 Å². The predicted octanol–water partition coefficient (Wildman–Crippen LogP) is 3.69. The second-order valence-electron chi connectivity index (χ2n) is 14.0. The van der Waals surface area contributed by atoms with Crippen LogP contribution in [-0.2, 0) is 24.1 Å². The maximum Gasteiger partial charge on any atom is 0.237 e. The van der Waals surface area contributed by atoms with Gasteiger partial charge >= 0.3 is 0 Å². The van der Waals surface area contributed by atoms with E-state index in [1.807, 2.05) is 51.4 Å². The number of nitriles is 1. The van der Waals surface area contributed by atoms with E-state index in [-0.39, 0.29) is 35.7 Å². The van der Waals surface area contributed by atoms with Gasteiger partial charge in [-0.2, -0.15) is 5.26 Å². The number of hydrogen-bond donors (Lipinski definition) is 5. The molecule has 0 unspecified atom stereocenters. The van der Waals surface area contributed by atoms with Crippen molar-refractivity contribution in [2.75, 3.05) is 42.0 Å². The summed E-state index contributed by atoms with van der Waals surface area (Å²) in [6, 6.07) is 7.05. The number of likely N-dealkylation sites (N-methyl/N-ethyl adjacent to an activating group) is 1. The number of aromatic amines is 1. The fourth-order valence-electron chi connectivity index (χ4n) is 9.37. The topological polar surface area (TPSA) is 179 Å². The van der Waals surface area contributed by atoms with Crippen molar-refractivity contribution in [1.82, 2.24) is 20.1 Å². The van der Waals surface area contributed by atoms with E-state index < -0.39 is 30.2 Å². The first-order valence-corrected chi connectivity index (χ1v) is 17.4. The van der Waals surface area contributed by atoms with E-state index in [0.29, 0.717) is 58.8 Å². The highest BCUT2D eigenvalue weighted by Crippen LogP contribution is 2.58. The van der Waals surface area contributed by atoms with Gasteiger partial charge in [0.25, 0.3) is 0 Å². The number of hydrogen-bond acceptors (Lipinski definition) is 11. The van der Waals surface area contributed by atoms with Gasteiger partial charge < -0.3 is 45.2 Å². The summed E-state index contributed by atoms with van der Waals surface area (Å²) in [6.07, 6.45) is 2.96. The van der Waals surface area contributed by atoms with E-state index in [1.165, 1.54) is 14.2 Å². The number of nitrogens with one attached hydrogen (secondary N) is 2. The van der Waals surface area contributed by atoms with Gasteiger partial charge in [-0.05, 0) is 51.8 Å². The van der Waals surface area contributed by atoms with Crippen LogP contribution in [0.1, 0.15) is 51.0 Å². The van der Waals surface area contributed by atoms with E-state index in [9.17, 15) is 20.3 Å². The molecule has 13 heteroatoms. The first-order valence-electron chi connectivity index (χ1n) is 17.4. The van der Waals surface area contributed by atoms with Crippen LogP contribution in [-0.4, -0.2) is 97.1 Å². The predicted molar refractivity (Wildman–Crippen MR) is 194 cm³/mol. The Balaban J connectivity index is 1.35. The van der Waals surface area contributed by atoms with Crippen LogP contribution < -0.4 is 30.0 Å².